The van der Waals surface area contributed by atoms with Crippen LogP contribution < -0.4 is 0 Å². The van der Waals surface area contributed by atoms with Crippen molar-refractivity contribution in [2.75, 3.05) is 0 Å². The van der Waals surface area contributed by atoms with Crippen molar-refractivity contribution in [2.24, 2.45) is 0 Å². The van der Waals surface area contributed by atoms with Crippen molar-refractivity contribution in [1.82, 2.24) is 0 Å². The predicted octanol–water partition coefficient (Wildman–Crippen LogP) is 3.76. The maximum absolute atomic E-state index is 11.8. The molecule has 0 nitrogen and oxygen atoms in total. The highest BCUT2D eigenvalue weighted by Crippen LogP contribution is 2.31. The number of hydrogen-bond acceptors (Lipinski definition) is 1. The Bertz CT molecular complexity index is 240. The van der Waals surface area contributed by atoms with E-state index in [0.29, 0.717) is 21.1 Å². The molecule has 11 heavy (non-hydrogen) atoms. The summed E-state index contributed by atoms with van der Waals surface area (Å²) in [6.07, 6.45) is 0. The number of rotatable bonds is 2. The Morgan fingerprint density at radius 1 is 1.27 bits per heavy atom. The molecule has 0 saturated carbocycles. The van der Waals surface area contributed by atoms with Gasteiger partial charge in [0, 0.05) is 9.37 Å². The third-order valence-electron chi connectivity index (χ3n) is 1.05. The van der Waals surface area contributed by atoms with Crippen LogP contribution in [0.5, 0.6) is 0 Å². The summed E-state index contributed by atoms with van der Waals surface area (Å²) in [7, 11) is 0. The highest BCUT2D eigenvalue weighted by atomic mass is 79.9. The minimum atomic E-state index is -2.35. The first-order valence-corrected chi connectivity index (χ1v) is 4.57. The highest BCUT2D eigenvalue weighted by Gasteiger charge is 2.06. The van der Waals surface area contributed by atoms with Crippen molar-refractivity contribution >= 4 is 27.7 Å². The molecule has 0 aliphatic carbocycles. The lowest BCUT2D eigenvalue weighted by atomic mass is 10.4. The van der Waals surface area contributed by atoms with Gasteiger partial charge in [-0.25, -0.2) is 0 Å². The Morgan fingerprint density at radius 3 is 2.45 bits per heavy atom. The largest absolute Gasteiger partial charge is 0.288 e. The minimum Gasteiger partial charge on any atom is -0.198 e. The molecule has 1 rings (SSSR count). The van der Waals surface area contributed by atoms with Gasteiger partial charge >= 0.3 is 0 Å². The van der Waals surface area contributed by atoms with E-state index < -0.39 is 5.76 Å². The summed E-state index contributed by atoms with van der Waals surface area (Å²) in [4.78, 5) is 0.572. The first-order chi connectivity index (χ1) is 5.20. The van der Waals surface area contributed by atoms with Crippen LogP contribution in [-0.4, -0.2) is 5.76 Å². The fraction of sp³-hybridized carbons (Fsp3) is 0.143. The van der Waals surface area contributed by atoms with Crippen LogP contribution in [0.25, 0.3) is 0 Å². The molecule has 60 valence electrons. The monoisotopic (exact) mass is 238 g/mol. The predicted molar refractivity (Wildman–Crippen MR) is 46.0 cm³/mol. The lowest BCUT2D eigenvalue weighted by Crippen LogP contribution is -1.81. The van der Waals surface area contributed by atoms with Gasteiger partial charge in [-0.15, -0.1) is 0 Å². The molecule has 0 amide bonds. The number of benzene rings is 1. The van der Waals surface area contributed by atoms with E-state index in [1.165, 1.54) is 0 Å². The van der Waals surface area contributed by atoms with Gasteiger partial charge in [-0.05, 0) is 28.1 Å². The second kappa shape index (κ2) is 4.07. The number of thioether (sulfide) groups is 1. The van der Waals surface area contributed by atoms with E-state index in [0.717, 1.165) is 0 Å². The molecule has 0 bridgehead atoms. The van der Waals surface area contributed by atoms with Crippen molar-refractivity contribution < 1.29 is 8.78 Å². The van der Waals surface area contributed by atoms with E-state index in [2.05, 4.69) is 15.9 Å². The average Bonchev–Trinajstić information content (AvgIpc) is 1.93. The fourth-order valence-electron chi connectivity index (χ4n) is 0.636. The van der Waals surface area contributed by atoms with Gasteiger partial charge in [0.05, 0.1) is 0 Å². The van der Waals surface area contributed by atoms with Crippen LogP contribution in [0.2, 0.25) is 0 Å². The third kappa shape index (κ3) is 2.79. The van der Waals surface area contributed by atoms with Crippen molar-refractivity contribution in [2.45, 2.75) is 10.7 Å². The molecule has 1 aromatic rings. The van der Waals surface area contributed by atoms with Gasteiger partial charge in [0.25, 0.3) is 5.76 Å². The quantitative estimate of drug-likeness (QED) is 0.708. The molecule has 0 N–H and O–H groups in total. The van der Waals surface area contributed by atoms with Crippen LogP contribution in [0, 0.1) is 0 Å². The number of halogens is 3. The van der Waals surface area contributed by atoms with Crippen LogP contribution in [0.1, 0.15) is 0 Å². The zero-order chi connectivity index (χ0) is 8.27. The summed E-state index contributed by atoms with van der Waals surface area (Å²) < 4.78 is 24.4. The Kier molecular flexibility index (Phi) is 3.33. The molecule has 0 radical (unpaired) electrons. The standard InChI is InChI=1S/C7H5BrF2S/c8-5-3-1-2-4-6(5)11-7(9)10/h1-4,7H. The summed E-state index contributed by atoms with van der Waals surface area (Å²) >= 11 is 3.72. The Labute approximate surface area is 76.1 Å². The van der Waals surface area contributed by atoms with Gasteiger partial charge in [0.1, 0.15) is 0 Å². The molecular weight excluding hydrogens is 234 g/mol. The van der Waals surface area contributed by atoms with E-state index in [1.54, 1.807) is 24.3 Å². The van der Waals surface area contributed by atoms with E-state index in [1.807, 2.05) is 0 Å². The SMILES string of the molecule is FC(F)Sc1ccccc1Br. The normalized spacial score (nSPS) is 10.5. The van der Waals surface area contributed by atoms with E-state index in [4.69, 9.17) is 0 Å². The van der Waals surface area contributed by atoms with Crippen LogP contribution in [0.15, 0.2) is 33.6 Å². The topological polar surface area (TPSA) is 0 Å². The maximum atomic E-state index is 11.8. The van der Waals surface area contributed by atoms with Crippen LogP contribution in [-0.2, 0) is 0 Å². The zero-order valence-electron chi connectivity index (χ0n) is 5.43. The molecule has 0 aliphatic rings. The minimum absolute atomic E-state index is 0.545. The summed E-state index contributed by atoms with van der Waals surface area (Å²) in [6.45, 7) is 0. The Morgan fingerprint density at radius 2 is 1.91 bits per heavy atom. The molecule has 4 heteroatoms. The van der Waals surface area contributed by atoms with Gasteiger partial charge in [-0.3, -0.25) is 0 Å². The van der Waals surface area contributed by atoms with Crippen molar-refractivity contribution in [3.63, 3.8) is 0 Å². The van der Waals surface area contributed by atoms with Crippen molar-refractivity contribution in [3.8, 4) is 0 Å². The van der Waals surface area contributed by atoms with Crippen LogP contribution >= 0.6 is 27.7 Å². The molecule has 0 saturated heterocycles. The molecule has 0 fully saturated rings. The summed E-state index contributed by atoms with van der Waals surface area (Å²) in [5, 5.41) is 0. The van der Waals surface area contributed by atoms with Gasteiger partial charge in [0.2, 0.25) is 0 Å². The lowest BCUT2D eigenvalue weighted by molar-refractivity contribution is 0.252. The first-order valence-electron chi connectivity index (χ1n) is 2.89. The molecule has 0 spiro atoms. The third-order valence-corrected chi connectivity index (χ3v) is 2.79. The first kappa shape index (κ1) is 9.00. The van der Waals surface area contributed by atoms with E-state index >= 15 is 0 Å². The second-order valence-electron chi connectivity index (χ2n) is 1.81. The Hall–Kier alpha value is -0.0900. The zero-order valence-corrected chi connectivity index (χ0v) is 7.83. The molecule has 0 aliphatic heterocycles. The van der Waals surface area contributed by atoms with Gasteiger partial charge < -0.3 is 0 Å². The summed E-state index contributed by atoms with van der Waals surface area (Å²) in [6, 6.07) is 6.92. The molecule has 0 heterocycles. The van der Waals surface area contributed by atoms with E-state index in [-0.39, 0.29) is 0 Å². The fourth-order valence-corrected chi connectivity index (χ4v) is 1.73. The van der Waals surface area contributed by atoms with Gasteiger partial charge in [-0.1, -0.05) is 23.9 Å². The molecule has 0 atom stereocenters. The van der Waals surface area contributed by atoms with Crippen molar-refractivity contribution in [1.29, 1.82) is 0 Å². The average molecular weight is 239 g/mol. The Balaban J connectivity index is 2.78. The molecule has 0 aromatic heterocycles. The second-order valence-corrected chi connectivity index (χ2v) is 3.70. The smallest absolute Gasteiger partial charge is 0.198 e. The van der Waals surface area contributed by atoms with Crippen molar-refractivity contribution in [3.05, 3.63) is 28.7 Å². The van der Waals surface area contributed by atoms with Crippen LogP contribution in [0.4, 0.5) is 8.78 Å². The summed E-state index contributed by atoms with van der Waals surface area (Å²) in [5.74, 6) is -2.35. The number of hydrogen-bond donors (Lipinski definition) is 0. The summed E-state index contributed by atoms with van der Waals surface area (Å²) in [5.41, 5.74) is 0. The molecular formula is C7H5BrF2S. The molecule has 0 unspecified atom stereocenters. The van der Waals surface area contributed by atoms with Gasteiger partial charge in [0.15, 0.2) is 0 Å². The maximum Gasteiger partial charge on any atom is 0.288 e. The van der Waals surface area contributed by atoms with Crippen LogP contribution in [0.3, 0.4) is 0 Å². The number of alkyl halides is 2. The van der Waals surface area contributed by atoms with E-state index in [9.17, 15) is 8.78 Å². The highest BCUT2D eigenvalue weighted by molar-refractivity contribution is 9.10. The molecule has 1 aromatic carbocycles. The van der Waals surface area contributed by atoms with Gasteiger partial charge in [-0.2, -0.15) is 8.78 Å². The lowest BCUT2D eigenvalue weighted by Gasteiger charge is -2.00.